The van der Waals surface area contributed by atoms with Crippen LogP contribution < -0.4 is 0 Å². The number of alkyl halides is 1. The van der Waals surface area contributed by atoms with Crippen molar-refractivity contribution in [2.45, 2.75) is 161 Å². The number of methoxy groups -OCH3 is 2. The Hall–Kier alpha value is -1.86. The van der Waals surface area contributed by atoms with Gasteiger partial charge in [-0.1, -0.05) is 89.3 Å². The van der Waals surface area contributed by atoms with Crippen LogP contribution in [-0.4, -0.2) is 78.6 Å². The molecule has 296 valence electrons. The van der Waals surface area contributed by atoms with Crippen LogP contribution in [-0.2, 0) is 37.5 Å². The van der Waals surface area contributed by atoms with Gasteiger partial charge in [-0.25, -0.2) is 0 Å². The standard InChI is InChI=1S/C19H32O4Si.C12H21BrO2Si.C9H17BO2/c1-19(2,3)24(5,6)23-16-13-15(17(20)14-16)11-9-7-8-10-12-18(21)22-4;1-12(2,3)16(4,5)15-10-6-9(8-13)11(14)7-10;1-10(2)8-6-4-5-7-9(11)12-3/h7,9,13,16H,8,10-12,14H2,1-6H3;6,10H,7-8H2,1-5H3;6,8H,4-5,7H2,1-3H3/b9-7+;;8-6+. The van der Waals surface area contributed by atoms with Crippen molar-refractivity contribution in [3.8, 4) is 0 Å². The molecule has 0 aromatic rings. The van der Waals surface area contributed by atoms with Gasteiger partial charge in [0, 0.05) is 36.6 Å². The summed E-state index contributed by atoms with van der Waals surface area (Å²) in [5.41, 5.74) is 1.71. The molecule has 2 unspecified atom stereocenters. The molecule has 0 amide bonds. The summed E-state index contributed by atoms with van der Waals surface area (Å²) in [5, 5.41) is 0.983. The Kier molecular flexibility index (Phi) is 23.0. The third-order valence-electron chi connectivity index (χ3n) is 9.90. The van der Waals surface area contributed by atoms with Gasteiger partial charge in [0.25, 0.3) is 0 Å². The number of rotatable bonds is 16. The Morgan fingerprint density at radius 3 is 1.52 bits per heavy atom. The number of unbranched alkanes of at least 4 members (excludes halogenated alkanes) is 2. The van der Waals surface area contributed by atoms with E-state index in [4.69, 9.17) is 8.85 Å². The minimum atomic E-state index is -1.85. The van der Waals surface area contributed by atoms with Crippen LogP contribution in [0, 0.1) is 0 Å². The van der Waals surface area contributed by atoms with E-state index in [0.717, 1.165) is 36.8 Å². The third-order valence-corrected chi connectivity index (χ3v) is 19.5. The Morgan fingerprint density at radius 2 is 1.15 bits per heavy atom. The molecule has 8 nitrogen and oxygen atoms in total. The number of ketones is 2. The van der Waals surface area contributed by atoms with Crippen molar-refractivity contribution in [3.05, 3.63) is 47.5 Å². The molecule has 0 saturated heterocycles. The van der Waals surface area contributed by atoms with Crippen molar-refractivity contribution < 1.29 is 37.5 Å². The summed E-state index contributed by atoms with van der Waals surface area (Å²) in [4.78, 5) is 45.4. The Bertz CT molecular complexity index is 1270. The summed E-state index contributed by atoms with van der Waals surface area (Å²) in [6, 6.07) is 0. The second kappa shape index (κ2) is 23.8. The highest BCUT2D eigenvalue weighted by atomic mass is 79.9. The van der Waals surface area contributed by atoms with Crippen LogP contribution in [0.2, 0.25) is 49.9 Å². The zero-order valence-corrected chi connectivity index (χ0v) is 38.5. The molecule has 0 aromatic heterocycles. The van der Waals surface area contributed by atoms with Crippen molar-refractivity contribution in [3.63, 3.8) is 0 Å². The van der Waals surface area contributed by atoms with Crippen LogP contribution in [0.1, 0.15) is 99.3 Å². The normalized spacial score (nSPS) is 18.1. The highest BCUT2D eigenvalue weighted by Gasteiger charge is 2.41. The SMILES string of the molecule is CC(C)(C)[Si](C)(C)OC1C=C(CBr)C(=O)C1.COC(=O)CCC/C=C/B(C)C.COC(=O)CCC/C=C/CC1=CC(O[Si](C)(C)C(C)(C)C)CC1=O. The summed E-state index contributed by atoms with van der Waals surface area (Å²) in [7, 11) is -0.781. The Balaban J connectivity index is 0.000000804. The minimum absolute atomic E-state index is 0.000872. The first-order valence-corrected chi connectivity index (χ1v) is 25.7. The van der Waals surface area contributed by atoms with E-state index < -0.39 is 16.6 Å². The van der Waals surface area contributed by atoms with E-state index in [2.05, 4.69) is 119 Å². The molecule has 2 aliphatic rings. The number of Topliss-reactive ketones (excluding diaryl/α,β-unsaturated/α-hetero) is 2. The zero-order chi connectivity index (χ0) is 40.3. The van der Waals surface area contributed by atoms with Gasteiger partial charge in [0.2, 0.25) is 0 Å². The summed E-state index contributed by atoms with van der Waals surface area (Å²) in [5.74, 6) is 2.27. The molecule has 0 N–H and O–H groups in total. The first-order chi connectivity index (χ1) is 23.9. The van der Waals surface area contributed by atoms with E-state index in [1.807, 2.05) is 24.3 Å². The largest absolute Gasteiger partial charge is 0.469 e. The fourth-order valence-electron chi connectivity index (χ4n) is 4.57. The van der Waals surface area contributed by atoms with Crippen molar-refractivity contribution >= 4 is 62.8 Å². The molecule has 0 heterocycles. The summed E-state index contributed by atoms with van der Waals surface area (Å²) in [6.07, 6.45) is 16.1. The predicted molar refractivity (Wildman–Crippen MR) is 225 cm³/mol. The molecule has 0 spiro atoms. The van der Waals surface area contributed by atoms with Gasteiger partial charge in [-0.3, -0.25) is 19.2 Å². The van der Waals surface area contributed by atoms with E-state index in [1.54, 1.807) is 0 Å². The summed E-state index contributed by atoms with van der Waals surface area (Å²) >= 11 is 3.33. The number of carbonyl (C=O) groups excluding carboxylic acids is 4. The molecule has 0 saturated carbocycles. The van der Waals surface area contributed by atoms with E-state index in [0.29, 0.717) is 44.1 Å². The van der Waals surface area contributed by atoms with E-state index in [-0.39, 0.29) is 45.8 Å². The number of esters is 2. The van der Waals surface area contributed by atoms with Crippen molar-refractivity contribution in [1.82, 2.24) is 0 Å². The van der Waals surface area contributed by atoms with E-state index in [1.165, 1.54) is 14.2 Å². The Labute approximate surface area is 327 Å². The molecule has 0 radical (unpaired) electrons. The second-order valence-corrected chi connectivity index (χ2v) is 27.0. The maximum absolute atomic E-state index is 12.1. The van der Waals surface area contributed by atoms with Crippen LogP contribution in [0.25, 0.3) is 0 Å². The van der Waals surface area contributed by atoms with Crippen molar-refractivity contribution in [2.24, 2.45) is 0 Å². The Morgan fingerprint density at radius 1 is 0.750 bits per heavy atom. The fraction of sp³-hybridized carbons (Fsp3) is 0.700. The fourth-order valence-corrected chi connectivity index (χ4v) is 7.60. The average molecular weight is 826 g/mol. The summed E-state index contributed by atoms with van der Waals surface area (Å²) in [6.45, 7) is 27.0. The molecule has 2 atom stereocenters. The van der Waals surface area contributed by atoms with Gasteiger partial charge in [0.15, 0.2) is 34.9 Å². The number of hydrogen-bond donors (Lipinski definition) is 0. The zero-order valence-electron chi connectivity index (χ0n) is 34.9. The lowest BCUT2D eigenvalue weighted by Gasteiger charge is -2.37. The lowest BCUT2D eigenvalue weighted by molar-refractivity contribution is -0.141. The summed E-state index contributed by atoms with van der Waals surface area (Å²) < 4.78 is 21.6. The van der Waals surface area contributed by atoms with Gasteiger partial charge >= 0.3 is 11.9 Å². The first-order valence-electron chi connectivity index (χ1n) is 18.7. The van der Waals surface area contributed by atoms with Crippen molar-refractivity contribution in [1.29, 1.82) is 0 Å². The van der Waals surface area contributed by atoms with Gasteiger partial charge in [-0.15, -0.1) is 5.98 Å². The van der Waals surface area contributed by atoms with Gasteiger partial charge in [-0.2, -0.15) is 0 Å². The molecule has 2 aliphatic carbocycles. The lowest BCUT2D eigenvalue weighted by Crippen LogP contribution is -2.43. The number of allylic oxidation sites excluding steroid dienone is 5. The van der Waals surface area contributed by atoms with Crippen LogP contribution in [0.3, 0.4) is 0 Å². The molecular formula is C40H70BBrO8Si2. The van der Waals surface area contributed by atoms with Gasteiger partial charge in [0.1, 0.15) is 0 Å². The molecule has 12 heteroatoms. The maximum Gasteiger partial charge on any atom is 0.305 e. The van der Waals surface area contributed by atoms with Gasteiger partial charge < -0.3 is 18.3 Å². The maximum atomic E-state index is 12.1. The van der Waals surface area contributed by atoms with E-state index >= 15 is 0 Å². The second-order valence-electron chi connectivity index (χ2n) is 16.9. The molecular weight excluding hydrogens is 755 g/mol. The molecule has 2 rings (SSSR count). The van der Waals surface area contributed by atoms with Gasteiger partial charge in [0.05, 0.1) is 26.4 Å². The minimum Gasteiger partial charge on any atom is -0.469 e. The third kappa shape index (κ3) is 20.0. The molecule has 0 aliphatic heterocycles. The first kappa shape index (κ1) is 50.1. The topological polar surface area (TPSA) is 105 Å². The molecule has 0 fully saturated rings. The van der Waals surface area contributed by atoms with Crippen LogP contribution in [0.15, 0.2) is 47.5 Å². The molecule has 0 bridgehead atoms. The quantitative estimate of drug-likeness (QED) is 0.0498. The molecule has 52 heavy (non-hydrogen) atoms. The monoisotopic (exact) mass is 824 g/mol. The van der Waals surface area contributed by atoms with Crippen molar-refractivity contribution in [2.75, 3.05) is 19.5 Å². The highest BCUT2D eigenvalue weighted by Crippen LogP contribution is 2.40. The highest BCUT2D eigenvalue weighted by molar-refractivity contribution is 9.09. The number of hydrogen-bond acceptors (Lipinski definition) is 8. The molecule has 0 aromatic carbocycles. The van der Waals surface area contributed by atoms with Crippen LogP contribution in [0.5, 0.6) is 0 Å². The number of carbonyl (C=O) groups is 4. The smallest absolute Gasteiger partial charge is 0.305 e. The van der Waals surface area contributed by atoms with Crippen LogP contribution in [0.4, 0.5) is 0 Å². The predicted octanol–water partition coefficient (Wildman–Crippen LogP) is 10.4. The van der Waals surface area contributed by atoms with E-state index in [9.17, 15) is 19.2 Å². The number of halogens is 1. The van der Waals surface area contributed by atoms with Crippen LogP contribution >= 0.6 is 15.9 Å². The average Bonchev–Trinajstić information content (AvgIpc) is 3.56. The van der Waals surface area contributed by atoms with Gasteiger partial charge in [-0.05, 0) is 86.1 Å². The lowest BCUT2D eigenvalue weighted by atomic mass is 9.55. The number of ether oxygens (including phenoxy) is 2.